The van der Waals surface area contributed by atoms with Gasteiger partial charge in [-0.15, -0.1) is 11.3 Å². The largest absolute Gasteiger partial charge is 0.489 e. The van der Waals surface area contributed by atoms with Gasteiger partial charge in [0.25, 0.3) is 5.91 Å². The Kier molecular flexibility index (Phi) is 5.24. The lowest BCUT2D eigenvalue weighted by Crippen LogP contribution is -2.48. The molecular weight excluding hydrogens is 356 g/mol. The van der Waals surface area contributed by atoms with Crippen molar-refractivity contribution in [3.63, 3.8) is 0 Å². The molecule has 144 valence electrons. The number of rotatable bonds is 5. The van der Waals surface area contributed by atoms with Crippen LogP contribution in [0, 0.1) is 13.8 Å². The average molecular weight is 385 g/mol. The van der Waals surface area contributed by atoms with Crippen LogP contribution in [0.25, 0.3) is 0 Å². The monoisotopic (exact) mass is 384 g/mol. The molecule has 27 heavy (non-hydrogen) atoms. The molecule has 2 unspecified atom stereocenters. The first kappa shape index (κ1) is 18.5. The summed E-state index contributed by atoms with van der Waals surface area (Å²) < 4.78 is 5.89. The van der Waals surface area contributed by atoms with Crippen molar-refractivity contribution in [3.8, 4) is 5.75 Å². The summed E-state index contributed by atoms with van der Waals surface area (Å²) in [7, 11) is 2.22. The van der Waals surface area contributed by atoms with Gasteiger partial charge in [0.15, 0.2) is 0 Å². The Hall–Kier alpha value is -1.85. The number of nitrogens with one attached hydrogen (secondary N) is 1. The quantitative estimate of drug-likeness (QED) is 0.836. The van der Waals surface area contributed by atoms with Gasteiger partial charge in [-0.1, -0.05) is 6.07 Å². The predicted octanol–water partition coefficient (Wildman–Crippen LogP) is 4.30. The predicted molar refractivity (Wildman–Crippen MR) is 110 cm³/mol. The van der Waals surface area contributed by atoms with E-state index in [2.05, 4.69) is 43.2 Å². The average Bonchev–Trinajstić information content (AvgIpc) is 3.18. The van der Waals surface area contributed by atoms with Gasteiger partial charge in [0, 0.05) is 23.7 Å². The minimum Gasteiger partial charge on any atom is -0.489 e. The minimum atomic E-state index is 0.0615. The molecule has 2 aromatic rings. The van der Waals surface area contributed by atoms with Crippen LogP contribution in [0.2, 0.25) is 0 Å². The lowest BCUT2D eigenvalue weighted by Gasteiger charge is -2.36. The molecule has 2 bridgehead atoms. The van der Waals surface area contributed by atoms with Crippen molar-refractivity contribution in [2.75, 3.05) is 7.05 Å². The molecule has 4 rings (SSSR count). The van der Waals surface area contributed by atoms with Crippen molar-refractivity contribution >= 4 is 17.2 Å². The van der Waals surface area contributed by atoms with Gasteiger partial charge in [-0.25, -0.2) is 0 Å². The molecule has 1 amide bonds. The summed E-state index contributed by atoms with van der Waals surface area (Å²) in [5, 5.41) is 5.28. The molecule has 0 spiro atoms. The Morgan fingerprint density at radius 1 is 1.19 bits per heavy atom. The van der Waals surface area contributed by atoms with E-state index in [0.29, 0.717) is 24.7 Å². The third-order valence-electron chi connectivity index (χ3n) is 6.19. The molecule has 1 aromatic carbocycles. The molecule has 2 saturated heterocycles. The molecule has 1 aromatic heterocycles. The SMILES string of the molecule is Cc1ccc(OCc2csc(C(=O)NC3CC4CCC(C3)N4C)c2)cc1C. The van der Waals surface area contributed by atoms with Crippen LogP contribution in [0.15, 0.2) is 29.6 Å². The summed E-state index contributed by atoms with van der Waals surface area (Å²) in [5.41, 5.74) is 3.54. The van der Waals surface area contributed by atoms with Crippen molar-refractivity contribution in [1.82, 2.24) is 10.2 Å². The summed E-state index contributed by atoms with van der Waals surface area (Å²) >= 11 is 1.50. The highest BCUT2D eigenvalue weighted by molar-refractivity contribution is 7.12. The highest BCUT2D eigenvalue weighted by Gasteiger charge is 2.38. The van der Waals surface area contributed by atoms with Gasteiger partial charge >= 0.3 is 0 Å². The Bertz CT molecular complexity index is 817. The van der Waals surface area contributed by atoms with Crippen LogP contribution >= 0.6 is 11.3 Å². The molecule has 0 radical (unpaired) electrons. The van der Waals surface area contributed by atoms with Gasteiger partial charge in [-0.05, 0) is 81.3 Å². The van der Waals surface area contributed by atoms with E-state index < -0.39 is 0 Å². The van der Waals surface area contributed by atoms with Gasteiger partial charge in [-0.2, -0.15) is 0 Å². The van der Waals surface area contributed by atoms with Crippen LogP contribution in [0.5, 0.6) is 5.75 Å². The Balaban J connectivity index is 1.32. The number of thiophene rings is 1. The van der Waals surface area contributed by atoms with Crippen molar-refractivity contribution in [1.29, 1.82) is 0 Å². The van der Waals surface area contributed by atoms with E-state index in [0.717, 1.165) is 29.0 Å². The number of piperidine rings is 1. The molecule has 2 aliphatic heterocycles. The smallest absolute Gasteiger partial charge is 0.261 e. The Morgan fingerprint density at radius 2 is 1.93 bits per heavy atom. The number of ether oxygens (including phenoxy) is 1. The van der Waals surface area contributed by atoms with E-state index in [9.17, 15) is 4.79 Å². The zero-order valence-corrected chi connectivity index (χ0v) is 17.1. The summed E-state index contributed by atoms with van der Waals surface area (Å²) in [6.45, 7) is 4.67. The summed E-state index contributed by atoms with van der Waals surface area (Å²) in [6, 6.07) is 9.68. The molecule has 3 heterocycles. The van der Waals surface area contributed by atoms with Gasteiger partial charge in [0.2, 0.25) is 0 Å². The van der Waals surface area contributed by atoms with Crippen LogP contribution in [0.3, 0.4) is 0 Å². The second-order valence-electron chi connectivity index (χ2n) is 8.05. The van der Waals surface area contributed by atoms with Crippen molar-refractivity contribution < 1.29 is 9.53 Å². The topological polar surface area (TPSA) is 41.6 Å². The second-order valence-corrected chi connectivity index (χ2v) is 8.96. The summed E-state index contributed by atoms with van der Waals surface area (Å²) in [6.07, 6.45) is 4.69. The molecule has 0 aliphatic carbocycles. The first-order valence-corrected chi connectivity index (χ1v) is 10.7. The number of aryl methyl sites for hydroxylation is 2. The fraction of sp³-hybridized carbons (Fsp3) is 0.500. The van der Waals surface area contributed by atoms with Crippen LogP contribution in [0.4, 0.5) is 0 Å². The molecular formula is C22H28N2O2S. The number of carbonyl (C=O) groups excluding carboxylic acids is 1. The van der Waals surface area contributed by atoms with E-state index in [4.69, 9.17) is 4.74 Å². The first-order chi connectivity index (χ1) is 13.0. The van der Waals surface area contributed by atoms with Crippen molar-refractivity contribution in [2.24, 2.45) is 0 Å². The molecule has 2 aliphatic rings. The lowest BCUT2D eigenvalue weighted by atomic mass is 9.98. The molecule has 0 saturated carbocycles. The number of carbonyl (C=O) groups is 1. The molecule has 2 atom stereocenters. The van der Waals surface area contributed by atoms with E-state index in [1.54, 1.807) is 0 Å². The van der Waals surface area contributed by atoms with Gasteiger partial charge in [0.1, 0.15) is 12.4 Å². The highest BCUT2D eigenvalue weighted by Crippen LogP contribution is 2.34. The summed E-state index contributed by atoms with van der Waals surface area (Å²) in [4.78, 5) is 15.9. The molecule has 5 heteroatoms. The zero-order chi connectivity index (χ0) is 19.0. The zero-order valence-electron chi connectivity index (χ0n) is 16.3. The first-order valence-electron chi connectivity index (χ1n) is 9.80. The van der Waals surface area contributed by atoms with Crippen molar-refractivity contribution in [3.05, 3.63) is 51.2 Å². The molecule has 4 nitrogen and oxygen atoms in total. The van der Waals surface area contributed by atoms with E-state index in [1.807, 2.05) is 17.5 Å². The lowest BCUT2D eigenvalue weighted by molar-refractivity contribution is 0.0886. The second kappa shape index (κ2) is 7.64. The third kappa shape index (κ3) is 4.04. The number of benzene rings is 1. The van der Waals surface area contributed by atoms with Crippen LogP contribution in [-0.4, -0.2) is 36.0 Å². The van der Waals surface area contributed by atoms with Crippen LogP contribution in [-0.2, 0) is 6.61 Å². The van der Waals surface area contributed by atoms with E-state index in [-0.39, 0.29) is 5.91 Å². The van der Waals surface area contributed by atoms with Gasteiger partial charge in [0.05, 0.1) is 4.88 Å². The van der Waals surface area contributed by atoms with Crippen molar-refractivity contribution in [2.45, 2.75) is 64.3 Å². The van der Waals surface area contributed by atoms with Gasteiger partial charge in [-0.3, -0.25) is 4.79 Å². The Morgan fingerprint density at radius 3 is 2.63 bits per heavy atom. The van der Waals surface area contributed by atoms with Crippen LogP contribution in [0.1, 0.15) is 52.0 Å². The highest BCUT2D eigenvalue weighted by atomic mass is 32.1. The molecule has 2 fully saturated rings. The standard InChI is InChI=1S/C22H28N2O2S/c1-14-4-7-20(8-15(14)2)26-12-16-9-21(27-13-16)22(25)23-17-10-18-5-6-19(11-17)24(18)3/h4,7-9,13,17-19H,5-6,10-12H2,1-3H3,(H,23,25). The van der Waals surface area contributed by atoms with E-state index >= 15 is 0 Å². The maximum atomic E-state index is 12.6. The summed E-state index contributed by atoms with van der Waals surface area (Å²) in [5.74, 6) is 0.934. The van der Waals surface area contributed by atoms with Gasteiger partial charge < -0.3 is 15.0 Å². The Labute approximate surface area is 165 Å². The van der Waals surface area contributed by atoms with E-state index in [1.165, 1.54) is 35.3 Å². The minimum absolute atomic E-state index is 0.0615. The third-order valence-corrected chi connectivity index (χ3v) is 7.17. The normalized spacial score (nSPS) is 24.8. The maximum absolute atomic E-state index is 12.6. The maximum Gasteiger partial charge on any atom is 0.261 e. The number of hydrogen-bond donors (Lipinski definition) is 1. The number of hydrogen-bond acceptors (Lipinski definition) is 4. The molecule has 1 N–H and O–H groups in total. The number of nitrogens with zero attached hydrogens (tertiary/aromatic N) is 1. The number of amides is 1. The van der Waals surface area contributed by atoms with Crippen LogP contribution < -0.4 is 10.1 Å². The fourth-order valence-electron chi connectivity index (χ4n) is 4.33. The fourth-order valence-corrected chi connectivity index (χ4v) is 5.13. The number of fused-ring (bicyclic) bond motifs is 2.